The Morgan fingerprint density at radius 1 is 1.16 bits per heavy atom. The maximum atomic E-state index is 12.6. The van der Waals surface area contributed by atoms with Crippen LogP contribution in [0.5, 0.6) is 0 Å². The molecule has 0 aliphatic rings. The second-order valence-electron chi connectivity index (χ2n) is 5.83. The zero-order valence-corrected chi connectivity index (χ0v) is 13.8. The van der Waals surface area contributed by atoms with Crippen LogP contribution in [-0.2, 0) is 0 Å². The van der Waals surface area contributed by atoms with Crippen LogP contribution >= 0.6 is 0 Å². The van der Waals surface area contributed by atoms with E-state index in [0.717, 1.165) is 16.9 Å². The Morgan fingerprint density at radius 2 is 1.96 bits per heavy atom. The Morgan fingerprint density at radius 3 is 2.72 bits per heavy atom. The van der Waals surface area contributed by atoms with Gasteiger partial charge in [0.15, 0.2) is 0 Å². The van der Waals surface area contributed by atoms with E-state index in [1.54, 1.807) is 33.7 Å². The Kier molecular flexibility index (Phi) is 3.53. The van der Waals surface area contributed by atoms with E-state index in [-0.39, 0.29) is 5.91 Å². The zero-order valence-electron chi connectivity index (χ0n) is 13.8. The lowest BCUT2D eigenvalue weighted by Gasteiger charge is -2.08. The largest absolute Gasteiger partial charge is 0.305 e. The second-order valence-corrected chi connectivity index (χ2v) is 5.83. The van der Waals surface area contributed by atoms with Gasteiger partial charge in [-0.3, -0.25) is 9.20 Å². The first-order valence-corrected chi connectivity index (χ1v) is 7.85. The minimum atomic E-state index is -0.307. The molecule has 25 heavy (non-hydrogen) atoms. The summed E-state index contributed by atoms with van der Waals surface area (Å²) < 4.78 is 3.41. The van der Waals surface area contributed by atoms with E-state index < -0.39 is 0 Å². The maximum Gasteiger partial charge on any atom is 0.277 e. The van der Waals surface area contributed by atoms with E-state index in [4.69, 9.17) is 0 Å². The van der Waals surface area contributed by atoms with Crippen LogP contribution in [0.2, 0.25) is 0 Å². The van der Waals surface area contributed by atoms with Gasteiger partial charge in [0.25, 0.3) is 5.91 Å². The summed E-state index contributed by atoms with van der Waals surface area (Å²) >= 11 is 0. The van der Waals surface area contributed by atoms with Crippen molar-refractivity contribution in [3.05, 3.63) is 71.9 Å². The third kappa shape index (κ3) is 2.87. The zero-order chi connectivity index (χ0) is 17.4. The summed E-state index contributed by atoms with van der Waals surface area (Å²) in [6, 6.07) is 11.5. The van der Waals surface area contributed by atoms with Crippen LogP contribution < -0.4 is 5.32 Å². The van der Waals surface area contributed by atoms with Gasteiger partial charge in [-0.2, -0.15) is 5.10 Å². The van der Waals surface area contributed by atoms with Crippen molar-refractivity contribution >= 4 is 17.5 Å². The number of anilines is 1. The van der Waals surface area contributed by atoms with E-state index in [1.807, 2.05) is 44.2 Å². The highest BCUT2D eigenvalue weighted by molar-refractivity contribution is 6.02. The summed E-state index contributed by atoms with van der Waals surface area (Å²) in [7, 11) is 0. The number of imidazole rings is 1. The maximum absolute atomic E-state index is 12.6. The molecule has 3 heterocycles. The quantitative estimate of drug-likeness (QED) is 0.626. The van der Waals surface area contributed by atoms with E-state index in [0.29, 0.717) is 17.3 Å². The van der Waals surface area contributed by atoms with Crippen molar-refractivity contribution in [2.24, 2.45) is 0 Å². The minimum Gasteiger partial charge on any atom is -0.305 e. The smallest absolute Gasteiger partial charge is 0.277 e. The topological polar surface area (TPSA) is 77.1 Å². The van der Waals surface area contributed by atoms with Gasteiger partial charge < -0.3 is 5.32 Å². The Bertz CT molecular complexity index is 1030. The summed E-state index contributed by atoms with van der Waals surface area (Å²) in [5.74, 6) is 0.769. The SMILES string of the molecule is Cc1ccc(-n2nc(C)cc2NC(=O)c2cn3cccnc3n2)cc1. The van der Waals surface area contributed by atoms with Crippen LogP contribution in [0, 0.1) is 13.8 Å². The molecule has 0 fully saturated rings. The Hall–Kier alpha value is -3.48. The third-order valence-electron chi connectivity index (χ3n) is 3.82. The van der Waals surface area contributed by atoms with E-state index in [1.165, 1.54) is 0 Å². The molecule has 0 unspecified atom stereocenters. The summed E-state index contributed by atoms with van der Waals surface area (Å²) in [4.78, 5) is 20.9. The highest BCUT2D eigenvalue weighted by atomic mass is 16.2. The van der Waals surface area contributed by atoms with Crippen LogP contribution in [-0.4, -0.2) is 30.1 Å². The van der Waals surface area contributed by atoms with E-state index in [2.05, 4.69) is 20.4 Å². The monoisotopic (exact) mass is 332 g/mol. The standard InChI is InChI=1S/C18H16N6O/c1-12-4-6-14(7-5-12)24-16(10-13(2)22-24)21-17(25)15-11-23-9-3-8-19-18(23)20-15/h3-11H,1-2H3,(H,21,25). The van der Waals surface area contributed by atoms with Crippen molar-refractivity contribution in [2.75, 3.05) is 5.32 Å². The summed E-state index contributed by atoms with van der Waals surface area (Å²) in [6.45, 7) is 3.91. The van der Waals surface area contributed by atoms with Crippen LogP contribution in [0.3, 0.4) is 0 Å². The van der Waals surface area contributed by atoms with Crippen molar-refractivity contribution < 1.29 is 4.79 Å². The number of carbonyl (C=O) groups is 1. The third-order valence-corrected chi connectivity index (χ3v) is 3.82. The summed E-state index contributed by atoms with van der Waals surface area (Å²) in [6.07, 6.45) is 5.09. The Labute approximate surface area is 144 Å². The Balaban J connectivity index is 1.66. The van der Waals surface area contributed by atoms with Gasteiger partial charge in [0.2, 0.25) is 5.78 Å². The van der Waals surface area contributed by atoms with Gasteiger partial charge in [0, 0.05) is 24.7 Å². The molecule has 0 atom stereocenters. The fourth-order valence-electron chi connectivity index (χ4n) is 2.59. The lowest BCUT2D eigenvalue weighted by Crippen LogP contribution is -2.15. The molecule has 1 aromatic carbocycles. The number of amides is 1. The molecule has 1 N–H and O–H groups in total. The highest BCUT2D eigenvalue weighted by Gasteiger charge is 2.15. The molecule has 4 aromatic rings. The van der Waals surface area contributed by atoms with Crippen LogP contribution in [0.1, 0.15) is 21.7 Å². The predicted octanol–water partition coefficient (Wildman–Crippen LogP) is 2.78. The molecule has 0 radical (unpaired) electrons. The van der Waals surface area contributed by atoms with Crippen LogP contribution in [0.4, 0.5) is 5.82 Å². The van der Waals surface area contributed by atoms with Gasteiger partial charge in [0.1, 0.15) is 11.5 Å². The molecular formula is C18H16N6O. The first-order chi connectivity index (χ1) is 12.1. The molecule has 0 bridgehead atoms. The van der Waals surface area contributed by atoms with Gasteiger partial charge in [-0.05, 0) is 32.0 Å². The van der Waals surface area contributed by atoms with Gasteiger partial charge in [-0.25, -0.2) is 14.6 Å². The number of hydrogen-bond donors (Lipinski definition) is 1. The van der Waals surface area contributed by atoms with Gasteiger partial charge in [-0.15, -0.1) is 0 Å². The predicted molar refractivity (Wildman–Crippen MR) is 94.0 cm³/mol. The summed E-state index contributed by atoms with van der Waals surface area (Å²) in [5, 5.41) is 7.34. The average molecular weight is 332 g/mol. The normalized spacial score (nSPS) is 11.0. The molecule has 0 aliphatic carbocycles. The number of hydrogen-bond acceptors (Lipinski definition) is 4. The van der Waals surface area contributed by atoms with Gasteiger partial charge >= 0.3 is 0 Å². The number of fused-ring (bicyclic) bond motifs is 1. The molecule has 1 amide bonds. The van der Waals surface area contributed by atoms with E-state index >= 15 is 0 Å². The average Bonchev–Trinajstić information content (AvgIpc) is 3.19. The van der Waals surface area contributed by atoms with E-state index in [9.17, 15) is 4.79 Å². The molecule has 7 nitrogen and oxygen atoms in total. The minimum absolute atomic E-state index is 0.299. The second kappa shape index (κ2) is 5.86. The van der Waals surface area contributed by atoms with Crippen LogP contribution in [0.25, 0.3) is 11.5 Å². The summed E-state index contributed by atoms with van der Waals surface area (Å²) in [5.41, 5.74) is 3.15. The molecule has 3 aromatic heterocycles. The molecule has 124 valence electrons. The molecule has 0 aliphatic heterocycles. The molecular weight excluding hydrogens is 316 g/mol. The number of rotatable bonds is 3. The lowest BCUT2D eigenvalue weighted by molar-refractivity contribution is 0.102. The first-order valence-electron chi connectivity index (χ1n) is 7.85. The van der Waals surface area contributed by atoms with Crippen molar-refractivity contribution in [1.29, 1.82) is 0 Å². The molecule has 0 saturated carbocycles. The molecule has 7 heteroatoms. The molecule has 0 spiro atoms. The molecule has 4 rings (SSSR count). The number of aromatic nitrogens is 5. The fraction of sp³-hybridized carbons (Fsp3) is 0.111. The van der Waals surface area contributed by atoms with Crippen molar-refractivity contribution in [3.63, 3.8) is 0 Å². The first kappa shape index (κ1) is 15.1. The number of nitrogens with one attached hydrogen (secondary N) is 1. The van der Waals surface area contributed by atoms with Crippen molar-refractivity contribution in [3.8, 4) is 5.69 Å². The number of nitrogens with zero attached hydrogens (tertiary/aromatic N) is 5. The van der Waals surface area contributed by atoms with Gasteiger partial charge in [0.05, 0.1) is 11.4 Å². The lowest BCUT2D eigenvalue weighted by atomic mass is 10.2. The highest BCUT2D eigenvalue weighted by Crippen LogP contribution is 2.18. The number of benzene rings is 1. The van der Waals surface area contributed by atoms with Crippen LogP contribution in [0.15, 0.2) is 55.0 Å². The molecule has 0 saturated heterocycles. The number of carbonyl (C=O) groups excluding carboxylic acids is 1. The fourth-order valence-corrected chi connectivity index (χ4v) is 2.59. The van der Waals surface area contributed by atoms with Crippen molar-refractivity contribution in [2.45, 2.75) is 13.8 Å². The van der Waals surface area contributed by atoms with Gasteiger partial charge in [-0.1, -0.05) is 17.7 Å². The van der Waals surface area contributed by atoms with Crippen molar-refractivity contribution in [1.82, 2.24) is 24.1 Å². The number of aryl methyl sites for hydroxylation is 2.